The van der Waals surface area contributed by atoms with E-state index in [0.29, 0.717) is 5.92 Å². The molecule has 2 atom stereocenters. The van der Waals surface area contributed by atoms with Gasteiger partial charge in [0.2, 0.25) is 0 Å². The third-order valence-electron chi connectivity index (χ3n) is 3.42. The molecule has 2 rings (SSSR count). The lowest BCUT2D eigenvalue weighted by Crippen LogP contribution is -2.11. The van der Waals surface area contributed by atoms with Crippen LogP contribution in [-0.4, -0.2) is 17.8 Å². The highest BCUT2D eigenvalue weighted by Crippen LogP contribution is 2.46. The quantitative estimate of drug-likeness (QED) is 0.819. The molecule has 0 bridgehead atoms. The molecule has 15 heavy (non-hydrogen) atoms. The predicted octanol–water partition coefficient (Wildman–Crippen LogP) is 2.40. The van der Waals surface area contributed by atoms with Crippen LogP contribution in [0, 0.1) is 5.92 Å². The monoisotopic (exact) mass is 206 g/mol. The Hall–Kier alpha value is -1.02. The second kappa shape index (κ2) is 3.86. The number of benzene rings is 1. The lowest BCUT2D eigenvalue weighted by atomic mass is 10.0. The fourth-order valence-corrected chi connectivity index (χ4v) is 1.97. The van der Waals surface area contributed by atoms with Gasteiger partial charge < -0.3 is 9.84 Å². The first kappa shape index (κ1) is 10.5. The summed E-state index contributed by atoms with van der Waals surface area (Å²) in [5.41, 5.74) is 0.892. The van der Waals surface area contributed by atoms with Crippen LogP contribution in [0.5, 0.6) is 5.75 Å². The van der Waals surface area contributed by atoms with Crippen molar-refractivity contribution >= 4 is 0 Å². The first-order chi connectivity index (χ1) is 7.14. The van der Waals surface area contributed by atoms with Crippen molar-refractivity contribution in [3.8, 4) is 5.75 Å². The fourth-order valence-electron chi connectivity index (χ4n) is 1.97. The van der Waals surface area contributed by atoms with Gasteiger partial charge in [-0.2, -0.15) is 0 Å². The first-order valence-electron chi connectivity index (χ1n) is 5.49. The molecule has 2 unspecified atom stereocenters. The van der Waals surface area contributed by atoms with Gasteiger partial charge in [0.25, 0.3) is 0 Å². The summed E-state index contributed by atoms with van der Waals surface area (Å²) in [5, 5.41) is 9.93. The second-order valence-corrected chi connectivity index (χ2v) is 4.56. The van der Waals surface area contributed by atoms with Crippen LogP contribution >= 0.6 is 0 Å². The van der Waals surface area contributed by atoms with Crippen molar-refractivity contribution in [3.63, 3.8) is 0 Å². The van der Waals surface area contributed by atoms with Crippen molar-refractivity contribution in [1.29, 1.82) is 0 Å². The second-order valence-electron chi connectivity index (χ2n) is 4.56. The highest BCUT2D eigenvalue weighted by molar-refractivity contribution is 5.27. The van der Waals surface area contributed by atoms with Crippen molar-refractivity contribution < 1.29 is 9.84 Å². The predicted molar refractivity (Wildman–Crippen MR) is 60.0 cm³/mol. The van der Waals surface area contributed by atoms with Crippen LogP contribution in [0.25, 0.3) is 0 Å². The molecule has 1 aliphatic carbocycles. The Morgan fingerprint density at radius 2 is 2.00 bits per heavy atom. The van der Waals surface area contributed by atoms with Gasteiger partial charge in [-0.3, -0.25) is 0 Å². The zero-order chi connectivity index (χ0) is 10.9. The molecule has 1 fully saturated rings. The average Bonchev–Trinajstić information content (AvgIpc) is 2.85. The molecular weight excluding hydrogens is 188 g/mol. The Bertz CT molecular complexity index is 331. The number of aryl methyl sites for hydroxylation is 1. The van der Waals surface area contributed by atoms with E-state index in [0.717, 1.165) is 25.0 Å². The fraction of sp³-hybridized carbons (Fsp3) is 0.538. The number of ether oxygens (including phenoxy) is 1. The standard InChI is InChI=1S/C13H18O2/c1-10-9-13(10,14)8-7-11-3-5-12(15-2)6-4-11/h3-6,10,14H,7-9H2,1-2H3. The molecule has 0 aromatic heterocycles. The van der Waals surface area contributed by atoms with Crippen molar-refractivity contribution in [2.24, 2.45) is 5.92 Å². The van der Waals surface area contributed by atoms with Crippen LogP contribution in [0.2, 0.25) is 0 Å². The van der Waals surface area contributed by atoms with Crippen LogP contribution in [-0.2, 0) is 6.42 Å². The molecule has 0 heterocycles. The van der Waals surface area contributed by atoms with Crippen molar-refractivity contribution in [3.05, 3.63) is 29.8 Å². The van der Waals surface area contributed by atoms with E-state index in [9.17, 15) is 5.11 Å². The molecular formula is C13H18O2. The molecule has 0 spiro atoms. The third-order valence-corrected chi connectivity index (χ3v) is 3.42. The molecule has 82 valence electrons. The van der Waals surface area contributed by atoms with Crippen LogP contribution in [0.4, 0.5) is 0 Å². The van der Waals surface area contributed by atoms with Gasteiger partial charge >= 0.3 is 0 Å². The molecule has 1 saturated carbocycles. The number of hydrogen-bond donors (Lipinski definition) is 1. The Balaban J connectivity index is 1.88. The lowest BCUT2D eigenvalue weighted by Gasteiger charge is -2.09. The first-order valence-corrected chi connectivity index (χ1v) is 5.49. The Kier molecular flexibility index (Phi) is 2.70. The molecule has 1 N–H and O–H groups in total. The van der Waals surface area contributed by atoms with Gasteiger partial charge in [0.15, 0.2) is 0 Å². The van der Waals surface area contributed by atoms with E-state index in [4.69, 9.17) is 4.74 Å². The zero-order valence-corrected chi connectivity index (χ0v) is 9.36. The number of aliphatic hydroxyl groups is 1. The van der Waals surface area contributed by atoms with E-state index >= 15 is 0 Å². The zero-order valence-electron chi connectivity index (χ0n) is 9.36. The molecule has 1 aromatic carbocycles. The molecule has 0 saturated heterocycles. The maximum absolute atomic E-state index is 9.93. The van der Waals surface area contributed by atoms with E-state index in [1.54, 1.807) is 7.11 Å². The minimum atomic E-state index is -0.375. The van der Waals surface area contributed by atoms with E-state index in [1.165, 1.54) is 5.56 Å². The Morgan fingerprint density at radius 3 is 2.47 bits per heavy atom. The third kappa shape index (κ3) is 2.32. The Morgan fingerprint density at radius 1 is 1.40 bits per heavy atom. The molecule has 0 amide bonds. The van der Waals surface area contributed by atoms with Gasteiger partial charge in [-0.05, 0) is 42.9 Å². The summed E-state index contributed by atoms with van der Waals surface area (Å²) in [5.74, 6) is 1.37. The highest BCUT2D eigenvalue weighted by Gasteiger charge is 2.48. The maximum Gasteiger partial charge on any atom is 0.118 e. The van der Waals surface area contributed by atoms with Crippen LogP contribution in [0.15, 0.2) is 24.3 Å². The number of hydrogen-bond acceptors (Lipinski definition) is 2. The smallest absolute Gasteiger partial charge is 0.118 e. The van der Waals surface area contributed by atoms with Gasteiger partial charge in [0.1, 0.15) is 5.75 Å². The van der Waals surface area contributed by atoms with E-state index in [-0.39, 0.29) is 5.60 Å². The van der Waals surface area contributed by atoms with Crippen molar-refractivity contribution in [1.82, 2.24) is 0 Å². The van der Waals surface area contributed by atoms with Crippen LogP contribution in [0.3, 0.4) is 0 Å². The van der Waals surface area contributed by atoms with Crippen LogP contribution < -0.4 is 4.74 Å². The van der Waals surface area contributed by atoms with Crippen molar-refractivity contribution in [2.75, 3.05) is 7.11 Å². The summed E-state index contributed by atoms with van der Waals surface area (Å²) < 4.78 is 5.09. The minimum Gasteiger partial charge on any atom is -0.497 e. The lowest BCUT2D eigenvalue weighted by molar-refractivity contribution is 0.124. The van der Waals surface area contributed by atoms with E-state index in [2.05, 4.69) is 19.1 Å². The topological polar surface area (TPSA) is 29.5 Å². The molecule has 0 aliphatic heterocycles. The SMILES string of the molecule is COc1ccc(CCC2(O)CC2C)cc1. The molecule has 0 radical (unpaired) electrons. The largest absolute Gasteiger partial charge is 0.497 e. The minimum absolute atomic E-state index is 0.375. The van der Waals surface area contributed by atoms with Gasteiger partial charge in [-0.15, -0.1) is 0 Å². The molecule has 2 nitrogen and oxygen atoms in total. The molecule has 1 aliphatic rings. The highest BCUT2D eigenvalue weighted by atomic mass is 16.5. The summed E-state index contributed by atoms with van der Waals surface area (Å²) >= 11 is 0. The number of methoxy groups -OCH3 is 1. The summed E-state index contributed by atoms with van der Waals surface area (Å²) in [6.07, 6.45) is 2.79. The molecule has 2 heteroatoms. The van der Waals surface area contributed by atoms with E-state index < -0.39 is 0 Å². The van der Waals surface area contributed by atoms with Crippen LogP contribution in [0.1, 0.15) is 25.3 Å². The van der Waals surface area contributed by atoms with Crippen molar-refractivity contribution in [2.45, 2.75) is 31.8 Å². The van der Waals surface area contributed by atoms with Gasteiger partial charge in [0.05, 0.1) is 12.7 Å². The summed E-state index contributed by atoms with van der Waals surface area (Å²) in [6.45, 7) is 2.11. The Labute approximate surface area is 90.9 Å². The van der Waals surface area contributed by atoms with Gasteiger partial charge in [-0.1, -0.05) is 19.1 Å². The average molecular weight is 206 g/mol. The number of rotatable bonds is 4. The molecule has 1 aromatic rings. The van der Waals surface area contributed by atoms with Gasteiger partial charge in [-0.25, -0.2) is 0 Å². The maximum atomic E-state index is 9.93. The summed E-state index contributed by atoms with van der Waals surface area (Å²) in [6, 6.07) is 8.07. The normalized spacial score (nSPS) is 28.9. The summed E-state index contributed by atoms with van der Waals surface area (Å²) in [7, 11) is 1.67. The summed E-state index contributed by atoms with van der Waals surface area (Å²) in [4.78, 5) is 0. The van der Waals surface area contributed by atoms with E-state index in [1.807, 2.05) is 12.1 Å². The van der Waals surface area contributed by atoms with Gasteiger partial charge in [0, 0.05) is 0 Å².